The SMILES string of the molecule is CCOC(=O)c1ccc(N2C(=O)c3[nH]nc(-c4ccc(OC)cc4)c3[C@H]2c2ccccc2)cc1. The van der Waals surface area contributed by atoms with E-state index in [4.69, 9.17) is 9.47 Å². The number of anilines is 1. The predicted octanol–water partition coefficient (Wildman–Crippen LogP) is 5.01. The third kappa shape index (κ3) is 3.61. The van der Waals surface area contributed by atoms with Crippen LogP contribution in [0.3, 0.4) is 0 Å². The van der Waals surface area contributed by atoms with Crippen LogP contribution in [-0.4, -0.2) is 35.8 Å². The van der Waals surface area contributed by atoms with Crippen molar-refractivity contribution in [3.05, 3.63) is 101 Å². The van der Waals surface area contributed by atoms with Gasteiger partial charge in [0.25, 0.3) is 5.91 Å². The first-order valence-corrected chi connectivity index (χ1v) is 11.0. The number of benzene rings is 3. The monoisotopic (exact) mass is 453 g/mol. The van der Waals surface area contributed by atoms with Gasteiger partial charge in [-0.05, 0) is 61.0 Å². The third-order valence-corrected chi connectivity index (χ3v) is 5.90. The Balaban J connectivity index is 1.61. The van der Waals surface area contributed by atoms with E-state index in [0.717, 1.165) is 22.4 Å². The second kappa shape index (κ2) is 8.86. The van der Waals surface area contributed by atoms with E-state index in [1.807, 2.05) is 54.6 Å². The molecule has 7 nitrogen and oxygen atoms in total. The minimum atomic E-state index is -0.391. The molecule has 5 rings (SSSR count). The molecule has 0 saturated heterocycles. The van der Waals surface area contributed by atoms with Crippen molar-refractivity contribution in [1.82, 2.24) is 10.2 Å². The topological polar surface area (TPSA) is 84.5 Å². The first-order valence-electron chi connectivity index (χ1n) is 11.0. The molecule has 170 valence electrons. The van der Waals surface area contributed by atoms with Gasteiger partial charge < -0.3 is 9.47 Å². The first-order chi connectivity index (χ1) is 16.6. The van der Waals surface area contributed by atoms with Crippen molar-refractivity contribution in [1.29, 1.82) is 0 Å². The van der Waals surface area contributed by atoms with Crippen molar-refractivity contribution in [2.24, 2.45) is 0 Å². The molecule has 0 unspecified atom stereocenters. The van der Waals surface area contributed by atoms with Crippen molar-refractivity contribution in [2.75, 3.05) is 18.6 Å². The quantitative estimate of drug-likeness (QED) is 0.415. The number of aromatic nitrogens is 2. The number of amides is 1. The Kier molecular flexibility index (Phi) is 5.59. The summed E-state index contributed by atoms with van der Waals surface area (Å²) in [5.74, 6) is 0.174. The van der Waals surface area contributed by atoms with Crippen LogP contribution in [0.5, 0.6) is 5.75 Å². The number of aromatic amines is 1. The second-order valence-corrected chi connectivity index (χ2v) is 7.85. The number of carbonyl (C=O) groups is 2. The number of rotatable bonds is 6. The van der Waals surface area contributed by atoms with Gasteiger partial charge in [-0.25, -0.2) is 4.79 Å². The average Bonchev–Trinajstić information content (AvgIpc) is 3.44. The molecular formula is C27H23N3O4. The van der Waals surface area contributed by atoms with Crippen LogP contribution in [0.25, 0.3) is 11.3 Å². The number of carbonyl (C=O) groups excluding carboxylic acids is 2. The van der Waals surface area contributed by atoms with Crippen LogP contribution in [0.1, 0.15) is 44.9 Å². The molecule has 1 aliphatic rings. The molecule has 2 heterocycles. The summed E-state index contributed by atoms with van der Waals surface area (Å²) in [4.78, 5) is 27.4. The minimum absolute atomic E-state index is 0.181. The molecule has 34 heavy (non-hydrogen) atoms. The summed E-state index contributed by atoms with van der Waals surface area (Å²) in [6.45, 7) is 2.07. The Morgan fingerprint density at radius 3 is 2.35 bits per heavy atom. The van der Waals surface area contributed by atoms with E-state index in [1.54, 1.807) is 43.2 Å². The summed E-state index contributed by atoms with van der Waals surface area (Å²) in [6.07, 6.45) is 0. The molecule has 1 atom stereocenters. The van der Waals surface area contributed by atoms with E-state index in [0.29, 0.717) is 29.2 Å². The number of esters is 1. The first kappa shape index (κ1) is 21.5. The Labute approximate surface area is 196 Å². The Morgan fingerprint density at radius 1 is 1.00 bits per heavy atom. The molecule has 0 aliphatic carbocycles. The van der Waals surface area contributed by atoms with E-state index >= 15 is 0 Å². The molecule has 0 radical (unpaired) electrons. The van der Waals surface area contributed by atoms with Crippen LogP contribution in [-0.2, 0) is 4.74 Å². The predicted molar refractivity (Wildman–Crippen MR) is 128 cm³/mol. The average molecular weight is 453 g/mol. The van der Waals surface area contributed by atoms with Crippen LogP contribution in [0, 0.1) is 0 Å². The summed E-state index contributed by atoms with van der Waals surface area (Å²) < 4.78 is 10.4. The molecule has 1 aromatic heterocycles. The van der Waals surface area contributed by atoms with Gasteiger partial charge in [-0.2, -0.15) is 5.10 Å². The van der Waals surface area contributed by atoms with Crippen molar-refractivity contribution in [2.45, 2.75) is 13.0 Å². The Bertz CT molecular complexity index is 1330. The molecule has 1 N–H and O–H groups in total. The van der Waals surface area contributed by atoms with Gasteiger partial charge in [0.2, 0.25) is 0 Å². The standard InChI is InChI=1S/C27H23N3O4/c1-3-34-27(32)19-9-13-20(14-10-19)30-25(18-7-5-4-6-8-18)22-23(28-29-24(22)26(30)31)17-11-15-21(33-2)16-12-17/h4-16,25H,3H2,1-2H3,(H,28,29)/t25-/m1/s1. The number of H-pyrrole nitrogens is 1. The molecule has 0 saturated carbocycles. The third-order valence-electron chi connectivity index (χ3n) is 5.90. The van der Waals surface area contributed by atoms with E-state index in [9.17, 15) is 9.59 Å². The van der Waals surface area contributed by atoms with Crippen LogP contribution >= 0.6 is 0 Å². The lowest BCUT2D eigenvalue weighted by Gasteiger charge is -2.26. The van der Waals surface area contributed by atoms with Gasteiger partial charge in [0.15, 0.2) is 0 Å². The fourth-order valence-corrected chi connectivity index (χ4v) is 4.31. The smallest absolute Gasteiger partial charge is 0.338 e. The number of methoxy groups -OCH3 is 1. The summed E-state index contributed by atoms with van der Waals surface area (Å²) in [5, 5.41) is 7.46. The number of fused-ring (bicyclic) bond motifs is 1. The molecule has 1 aliphatic heterocycles. The lowest BCUT2D eigenvalue weighted by molar-refractivity contribution is 0.0526. The number of nitrogens with zero attached hydrogens (tertiary/aromatic N) is 2. The van der Waals surface area contributed by atoms with Crippen LogP contribution < -0.4 is 9.64 Å². The minimum Gasteiger partial charge on any atom is -0.497 e. The van der Waals surface area contributed by atoms with E-state index in [1.165, 1.54) is 0 Å². The van der Waals surface area contributed by atoms with Gasteiger partial charge in [0.1, 0.15) is 11.4 Å². The van der Waals surface area contributed by atoms with Gasteiger partial charge in [-0.15, -0.1) is 0 Å². The highest BCUT2D eigenvalue weighted by atomic mass is 16.5. The van der Waals surface area contributed by atoms with Crippen molar-refractivity contribution < 1.29 is 19.1 Å². The lowest BCUT2D eigenvalue weighted by Crippen LogP contribution is -2.29. The molecule has 4 aromatic rings. The van der Waals surface area contributed by atoms with Crippen LogP contribution in [0.2, 0.25) is 0 Å². The zero-order valence-corrected chi connectivity index (χ0v) is 18.8. The molecule has 1 amide bonds. The van der Waals surface area contributed by atoms with Gasteiger partial charge >= 0.3 is 5.97 Å². The number of nitrogens with one attached hydrogen (secondary N) is 1. The zero-order valence-electron chi connectivity index (χ0n) is 18.8. The molecule has 0 bridgehead atoms. The van der Waals surface area contributed by atoms with Gasteiger partial charge in [-0.1, -0.05) is 30.3 Å². The Morgan fingerprint density at radius 2 is 1.71 bits per heavy atom. The summed E-state index contributed by atoms with van der Waals surface area (Å²) >= 11 is 0. The highest BCUT2D eigenvalue weighted by Crippen LogP contribution is 2.45. The van der Waals surface area contributed by atoms with E-state index < -0.39 is 5.97 Å². The highest BCUT2D eigenvalue weighted by molar-refractivity contribution is 6.12. The van der Waals surface area contributed by atoms with Crippen molar-refractivity contribution in [3.63, 3.8) is 0 Å². The van der Waals surface area contributed by atoms with E-state index in [2.05, 4.69) is 10.2 Å². The normalized spacial score (nSPS) is 14.7. The number of hydrogen-bond donors (Lipinski definition) is 1. The maximum Gasteiger partial charge on any atom is 0.338 e. The zero-order chi connectivity index (χ0) is 23.7. The molecule has 3 aromatic carbocycles. The number of ether oxygens (including phenoxy) is 2. The van der Waals surface area contributed by atoms with Crippen molar-refractivity contribution in [3.8, 4) is 17.0 Å². The van der Waals surface area contributed by atoms with Gasteiger partial charge in [0, 0.05) is 16.8 Å². The summed E-state index contributed by atoms with van der Waals surface area (Å²) in [7, 11) is 1.62. The van der Waals surface area contributed by atoms with Gasteiger partial charge in [0.05, 0.1) is 31.0 Å². The summed E-state index contributed by atoms with van der Waals surface area (Å²) in [5.41, 5.74) is 4.94. The van der Waals surface area contributed by atoms with E-state index in [-0.39, 0.29) is 11.9 Å². The fourth-order valence-electron chi connectivity index (χ4n) is 4.31. The maximum absolute atomic E-state index is 13.6. The fraction of sp³-hybridized carbons (Fsp3) is 0.148. The number of hydrogen-bond acceptors (Lipinski definition) is 5. The van der Waals surface area contributed by atoms with Crippen molar-refractivity contribution >= 4 is 17.6 Å². The highest BCUT2D eigenvalue weighted by Gasteiger charge is 2.43. The molecule has 0 fully saturated rings. The second-order valence-electron chi connectivity index (χ2n) is 7.85. The largest absolute Gasteiger partial charge is 0.497 e. The summed E-state index contributed by atoms with van der Waals surface area (Å²) in [6, 6.07) is 24.0. The molecule has 7 heteroatoms. The Hall–Kier alpha value is -4.39. The molecular weight excluding hydrogens is 430 g/mol. The molecule has 0 spiro atoms. The van der Waals surface area contributed by atoms with Crippen LogP contribution in [0.4, 0.5) is 5.69 Å². The van der Waals surface area contributed by atoms with Gasteiger partial charge in [-0.3, -0.25) is 14.8 Å². The lowest BCUT2D eigenvalue weighted by atomic mass is 9.96. The van der Waals surface area contributed by atoms with Crippen LogP contribution in [0.15, 0.2) is 78.9 Å². The maximum atomic E-state index is 13.6.